The average molecular weight is 323 g/mol. The van der Waals surface area contributed by atoms with Gasteiger partial charge in [-0.05, 0) is 56.2 Å². The minimum Gasteiger partial charge on any atom is -0.489 e. The van der Waals surface area contributed by atoms with Gasteiger partial charge in [0.1, 0.15) is 11.9 Å². The van der Waals surface area contributed by atoms with E-state index < -0.39 is 0 Å². The molecule has 22 heavy (non-hydrogen) atoms. The van der Waals surface area contributed by atoms with Crippen molar-refractivity contribution in [1.29, 1.82) is 0 Å². The highest BCUT2D eigenvalue weighted by Crippen LogP contribution is 2.47. The molecule has 0 spiro atoms. The predicted molar refractivity (Wildman–Crippen MR) is 86.8 cm³/mol. The Morgan fingerprint density at radius 1 is 1.45 bits per heavy atom. The van der Waals surface area contributed by atoms with E-state index in [1.165, 1.54) is 6.42 Å². The van der Waals surface area contributed by atoms with Crippen LogP contribution in [0.4, 0.5) is 0 Å². The minimum absolute atomic E-state index is 0.0166. The lowest BCUT2D eigenvalue weighted by atomic mass is 9.84. The lowest BCUT2D eigenvalue weighted by molar-refractivity contribution is -0.127. The summed E-state index contributed by atoms with van der Waals surface area (Å²) in [7, 11) is 0. The number of nitrogens with two attached hydrogens (primary N) is 1. The van der Waals surface area contributed by atoms with Crippen molar-refractivity contribution in [2.45, 2.75) is 38.3 Å². The molecule has 4 nitrogen and oxygen atoms in total. The predicted octanol–water partition coefficient (Wildman–Crippen LogP) is 2.60. The molecule has 0 aliphatic heterocycles. The van der Waals surface area contributed by atoms with Gasteiger partial charge in [-0.3, -0.25) is 4.79 Å². The summed E-state index contributed by atoms with van der Waals surface area (Å²) >= 11 is 5.93. The Labute approximate surface area is 136 Å². The molecule has 2 aliphatic carbocycles. The quantitative estimate of drug-likeness (QED) is 0.875. The Morgan fingerprint density at radius 3 is 2.91 bits per heavy atom. The second-order valence-electron chi connectivity index (χ2n) is 6.57. The summed E-state index contributed by atoms with van der Waals surface area (Å²) in [6, 6.07) is 7.30. The third-order valence-electron chi connectivity index (χ3n) is 4.98. The molecular formula is C17H23ClN2O2. The number of benzene rings is 1. The molecule has 2 saturated carbocycles. The van der Waals surface area contributed by atoms with Gasteiger partial charge in [0, 0.05) is 11.1 Å². The molecule has 120 valence electrons. The van der Waals surface area contributed by atoms with E-state index in [9.17, 15) is 4.79 Å². The number of carbonyl (C=O) groups is 1. The van der Waals surface area contributed by atoms with Gasteiger partial charge in [-0.2, -0.15) is 0 Å². The van der Waals surface area contributed by atoms with Crippen molar-refractivity contribution in [2.24, 2.45) is 23.5 Å². The number of hydrogen-bond acceptors (Lipinski definition) is 3. The Hall–Kier alpha value is -1.26. The summed E-state index contributed by atoms with van der Waals surface area (Å²) in [5, 5.41) is 3.64. The normalized spacial score (nSPS) is 31.0. The molecule has 1 amide bonds. The van der Waals surface area contributed by atoms with Crippen molar-refractivity contribution in [3.05, 3.63) is 29.3 Å². The Kier molecular flexibility index (Phi) is 4.59. The van der Waals surface area contributed by atoms with E-state index in [1.807, 2.05) is 19.1 Å². The number of hydrogen-bond donors (Lipinski definition) is 2. The van der Waals surface area contributed by atoms with Crippen LogP contribution in [-0.4, -0.2) is 24.6 Å². The molecule has 0 aromatic heterocycles. The molecule has 2 bridgehead atoms. The summed E-state index contributed by atoms with van der Waals surface area (Å²) in [6.45, 7) is 2.41. The number of amides is 1. The van der Waals surface area contributed by atoms with E-state index in [4.69, 9.17) is 22.1 Å². The van der Waals surface area contributed by atoms with E-state index >= 15 is 0 Å². The van der Waals surface area contributed by atoms with Crippen molar-refractivity contribution < 1.29 is 9.53 Å². The number of ether oxygens (including phenoxy) is 1. The number of halogens is 1. The highest BCUT2D eigenvalue weighted by Gasteiger charge is 2.48. The van der Waals surface area contributed by atoms with Gasteiger partial charge < -0.3 is 15.8 Å². The second-order valence-corrected chi connectivity index (χ2v) is 7.00. The van der Waals surface area contributed by atoms with Crippen molar-refractivity contribution in [2.75, 3.05) is 6.54 Å². The molecule has 1 aromatic carbocycles. The van der Waals surface area contributed by atoms with Crippen LogP contribution >= 0.6 is 11.6 Å². The Bertz CT molecular complexity index is 549. The van der Waals surface area contributed by atoms with E-state index in [0.29, 0.717) is 29.2 Å². The molecule has 5 unspecified atom stereocenters. The average Bonchev–Trinajstić information content (AvgIpc) is 3.05. The lowest BCUT2D eigenvalue weighted by Gasteiger charge is -2.27. The standard InChI is InChI=1S/C17H23ClN2O2/c1-10(22-14-4-2-3-13(18)8-14)9-20-17(21)15-11-5-6-12(7-11)16(15)19/h2-4,8,10-12,15-16H,5-7,9,19H2,1H3,(H,20,21). The molecule has 0 saturated heterocycles. The fraction of sp³-hybridized carbons (Fsp3) is 0.588. The van der Waals surface area contributed by atoms with Crippen LogP contribution in [0.25, 0.3) is 0 Å². The molecule has 3 rings (SSSR count). The van der Waals surface area contributed by atoms with Gasteiger partial charge in [0.15, 0.2) is 0 Å². The number of fused-ring (bicyclic) bond motifs is 2. The summed E-state index contributed by atoms with van der Waals surface area (Å²) in [5.74, 6) is 1.80. The highest BCUT2D eigenvalue weighted by atomic mass is 35.5. The van der Waals surface area contributed by atoms with Gasteiger partial charge in [0.2, 0.25) is 5.91 Å². The lowest BCUT2D eigenvalue weighted by Crippen LogP contribution is -2.47. The molecule has 0 radical (unpaired) electrons. The topological polar surface area (TPSA) is 64.4 Å². The van der Waals surface area contributed by atoms with E-state index in [-0.39, 0.29) is 24.0 Å². The minimum atomic E-state index is -0.114. The van der Waals surface area contributed by atoms with Crippen molar-refractivity contribution in [3.63, 3.8) is 0 Å². The van der Waals surface area contributed by atoms with Gasteiger partial charge in [-0.25, -0.2) is 0 Å². The smallest absolute Gasteiger partial charge is 0.225 e. The van der Waals surface area contributed by atoms with Crippen molar-refractivity contribution in [1.82, 2.24) is 5.32 Å². The maximum Gasteiger partial charge on any atom is 0.225 e. The first-order valence-electron chi connectivity index (χ1n) is 8.00. The third-order valence-corrected chi connectivity index (χ3v) is 5.22. The number of carbonyl (C=O) groups excluding carboxylic acids is 1. The van der Waals surface area contributed by atoms with Crippen LogP contribution in [-0.2, 0) is 4.79 Å². The zero-order chi connectivity index (χ0) is 15.7. The summed E-state index contributed by atoms with van der Waals surface area (Å²) in [5.41, 5.74) is 6.20. The molecule has 5 atom stereocenters. The fourth-order valence-electron chi connectivity index (χ4n) is 3.90. The van der Waals surface area contributed by atoms with Crippen LogP contribution in [0.15, 0.2) is 24.3 Å². The molecule has 5 heteroatoms. The maximum atomic E-state index is 12.4. The van der Waals surface area contributed by atoms with Crippen LogP contribution in [0.2, 0.25) is 5.02 Å². The summed E-state index contributed by atoms with van der Waals surface area (Å²) in [4.78, 5) is 12.4. The Balaban J connectivity index is 1.49. The fourth-order valence-corrected chi connectivity index (χ4v) is 4.08. The molecule has 3 N–H and O–H groups in total. The van der Waals surface area contributed by atoms with Crippen LogP contribution < -0.4 is 15.8 Å². The van der Waals surface area contributed by atoms with Crippen LogP contribution in [0.3, 0.4) is 0 Å². The second kappa shape index (κ2) is 6.47. The molecular weight excluding hydrogens is 300 g/mol. The SMILES string of the molecule is CC(CNC(=O)C1C2CCC(C2)C1N)Oc1cccc(Cl)c1. The monoisotopic (exact) mass is 322 g/mol. The first kappa shape index (κ1) is 15.6. The van der Waals surface area contributed by atoms with Gasteiger partial charge in [0.05, 0.1) is 12.5 Å². The van der Waals surface area contributed by atoms with Crippen molar-refractivity contribution in [3.8, 4) is 5.75 Å². The van der Waals surface area contributed by atoms with E-state index in [1.54, 1.807) is 12.1 Å². The first-order chi connectivity index (χ1) is 10.5. The maximum absolute atomic E-state index is 12.4. The third kappa shape index (κ3) is 3.23. The van der Waals surface area contributed by atoms with E-state index in [2.05, 4.69) is 5.32 Å². The molecule has 2 fully saturated rings. The van der Waals surface area contributed by atoms with Gasteiger partial charge >= 0.3 is 0 Å². The number of rotatable bonds is 5. The summed E-state index contributed by atoms with van der Waals surface area (Å²) in [6.07, 6.45) is 3.33. The van der Waals surface area contributed by atoms with Crippen LogP contribution in [0, 0.1) is 17.8 Å². The number of nitrogens with one attached hydrogen (secondary N) is 1. The zero-order valence-electron chi connectivity index (χ0n) is 12.8. The van der Waals surface area contributed by atoms with E-state index in [0.717, 1.165) is 12.8 Å². The van der Waals surface area contributed by atoms with Crippen LogP contribution in [0.5, 0.6) is 5.75 Å². The molecule has 2 aliphatic rings. The van der Waals surface area contributed by atoms with Gasteiger partial charge in [0.25, 0.3) is 0 Å². The Morgan fingerprint density at radius 2 is 2.23 bits per heavy atom. The molecule has 1 aromatic rings. The van der Waals surface area contributed by atoms with Crippen LogP contribution in [0.1, 0.15) is 26.2 Å². The summed E-state index contributed by atoms with van der Waals surface area (Å²) < 4.78 is 5.77. The zero-order valence-corrected chi connectivity index (χ0v) is 13.6. The molecule has 0 heterocycles. The largest absolute Gasteiger partial charge is 0.489 e. The van der Waals surface area contributed by atoms with Crippen molar-refractivity contribution >= 4 is 17.5 Å². The van der Waals surface area contributed by atoms with Gasteiger partial charge in [-0.1, -0.05) is 17.7 Å². The first-order valence-corrected chi connectivity index (χ1v) is 8.38. The highest BCUT2D eigenvalue weighted by molar-refractivity contribution is 6.30. The van der Waals surface area contributed by atoms with Gasteiger partial charge in [-0.15, -0.1) is 0 Å².